The number of aryl methyl sites for hydroxylation is 1. The lowest BCUT2D eigenvalue weighted by molar-refractivity contribution is 0.572. The Morgan fingerprint density at radius 2 is 2.12 bits per heavy atom. The van der Waals surface area contributed by atoms with Gasteiger partial charge in [0.15, 0.2) is 5.82 Å². The molecule has 0 saturated heterocycles. The van der Waals surface area contributed by atoms with Crippen LogP contribution in [0.5, 0.6) is 0 Å². The monoisotopic (exact) mass is 243 g/mol. The van der Waals surface area contributed by atoms with E-state index >= 15 is 0 Å². The average molecular weight is 244 g/mol. The summed E-state index contributed by atoms with van der Waals surface area (Å²) in [6.45, 7) is 0. The molecular weight excluding hydrogens is 236 g/mol. The quantitative estimate of drug-likeness (QED) is 0.775. The number of halogens is 3. The van der Waals surface area contributed by atoms with Crippen LogP contribution in [0.25, 0.3) is 5.69 Å². The van der Waals surface area contributed by atoms with Crippen LogP contribution in [-0.4, -0.2) is 20.9 Å². The van der Waals surface area contributed by atoms with Gasteiger partial charge in [0.25, 0.3) is 0 Å². The molecule has 0 saturated carbocycles. The van der Waals surface area contributed by atoms with Crippen LogP contribution in [0, 0.1) is 11.6 Å². The highest BCUT2D eigenvalue weighted by atomic mass is 35.5. The van der Waals surface area contributed by atoms with Crippen molar-refractivity contribution in [2.24, 2.45) is 0 Å². The van der Waals surface area contributed by atoms with Gasteiger partial charge in [-0.15, -0.1) is 16.7 Å². The van der Waals surface area contributed by atoms with Crippen LogP contribution in [0.1, 0.15) is 5.69 Å². The van der Waals surface area contributed by atoms with E-state index in [1.807, 2.05) is 0 Å². The molecule has 1 aromatic heterocycles. The molecule has 0 unspecified atom stereocenters. The molecule has 0 aliphatic carbocycles. The molecule has 0 N–H and O–H groups in total. The Kier molecular flexibility index (Phi) is 3.14. The highest BCUT2D eigenvalue weighted by Gasteiger charge is 2.08. The maximum absolute atomic E-state index is 13.4. The first-order chi connectivity index (χ1) is 7.70. The minimum Gasteiger partial charge on any atom is -0.217 e. The van der Waals surface area contributed by atoms with Crippen LogP contribution >= 0.6 is 11.6 Å². The van der Waals surface area contributed by atoms with Gasteiger partial charge in [0, 0.05) is 18.4 Å². The van der Waals surface area contributed by atoms with E-state index < -0.39 is 11.6 Å². The van der Waals surface area contributed by atoms with Gasteiger partial charge in [-0.1, -0.05) is 5.21 Å². The molecule has 6 heteroatoms. The summed E-state index contributed by atoms with van der Waals surface area (Å²) in [4.78, 5) is 0. The molecule has 0 amide bonds. The van der Waals surface area contributed by atoms with E-state index in [0.29, 0.717) is 18.0 Å². The van der Waals surface area contributed by atoms with Crippen LogP contribution in [0.3, 0.4) is 0 Å². The predicted octanol–water partition coefficient (Wildman–Crippen LogP) is 2.33. The van der Waals surface area contributed by atoms with Gasteiger partial charge in [0.05, 0.1) is 11.9 Å². The van der Waals surface area contributed by atoms with E-state index in [1.165, 1.54) is 16.8 Å². The molecule has 0 fully saturated rings. The van der Waals surface area contributed by atoms with Gasteiger partial charge in [-0.3, -0.25) is 0 Å². The Bertz CT molecular complexity index is 499. The summed E-state index contributed by atoms with van der Waals surface area (Å²) >= 11 is 5.54. The van der Waals surface area contributed by atoms with Crippen LogP contribution in [0.4, 0.5) is 8.78 Å². The number of alkyl halides is 1. The molecule has 0 spiro atoms. The molecule has 0 bridgehead atoms. The van der Waals surface area contributed by atoms with E-state index in [0.717, 1.165) is 6.07 Å². The van der Waals surface area contributed by atoms with Crippen LogP contribution in [0.15, 0.2) is 24.4 Å². The fourth-order valence-corrected chi connectivity index (χ4v) is 1.49. The molecule has 84 valence electrons. The lowest BCUT2D eigenvalue weighted by atomic mass is 10.3. The van der Waals surface area contributed by atoms with Gasteiger partial charge >= 0.3 is 0 Å². The first-order valence-electron chi connectivity index (χ1n) is 4.63. The highest BCUT2D eigenvalue weighted by molar-refractivity contribution is 6.17. The highest BCUT2D eigenvalue weighted by Crippen LogP contribution is 2.13. The Balaban J connectivity index is 2.35. The van der Waals surface area contributed by atoms with Gasteiger partial charge in [-0.05, 0) is 12.1 Å². The van der Waals surface area contributed by atoms with E-state index in [9.17, 15) is 8.78 Å². The summed E-state index contributed by atoms with van der Waals surface area (Å²) in [5, 5.41) is 7.56. The number of hydrogen-bond donors (Lipinski definition) is 0. The van der Waals surface area contributed by atoms with E-state index in [-0.39, 0.29) is 5.69 Å². The number of aromatic nitrogens is 3. The van der Waals surface area contributed by atoms with Gasteiger partial charge < -0.3 is 0 Å². The smallest absolute Gasteiger partial charge is 0.151 e. The van der Waals surface area contributed by atoms with Crippen molar-refractivity contribution in [2.45, 2.75) is 6.42 Å². The Morgan fingerprint density at radius 3 is 2.81 bits per heavy atom. The van der Waals surface area contributed by atoms with Crippen molar-refractivity contribution >= 4 is 11.6 Å². The molecule has 0 atom stereocenters. The molecule has 0 radical (unpaired) electrons. The zero-order chi connectivity index (χ0) is 11.5. The molecule has 1 heterocycles. The van der Waals surface area contributed by atoms with Crippen LogP contribution < -0.4 is 0 Å². The summed E-state index contributed by atoms with van der Waals surface area (Å²) < 4.78 is 27.3. The average Bonchev–Trinajstić information content (AvgIpc) is 2.67. The number of nitrogens with zero attached hydrogens (tertiary/aromatic N) is 3. The standard InChI is InChI=1S/C10H8ClF2N3/c11-4-3-8-6-16(15-14-8)10-2-1-7(12)5-9(10)13/h1-2,5-6H,3-4H2. The summed E-state index contributed by atoms with van der Waals surface area (Å²) in [6, 6.07) is 3.28. The van der Waals surface area contributed by atoms with Gasteiger partial charge in [-0.2, -0.15) is 0 Å². The van der Waals surface area contributed by atoms with E-state index in [1.54, 1.807) is 6.20 Å². The van der Waals surface area contributed by atoms with E-state index in [2.05, 4.69) is 10.3 Å². The molecule has 2 rings (SSSR count). The molecule has 0 aliphatic rings. The zero-order valence-corrected chi connectivity index (χ0v) is 8.96. The van der Waals surface area contributed by atoms with Crippen LogP contribution in [0.2, 0.25) is 0 Å². The number of rotatable bonds is 3. The summed E-state index contributed by atoms with van der Waals surface area (Å²) in [5.41, 5.74) is 0.827. The zero-order valence-electron chi connectivity index (χ0n) is 8.20. The lowest BCUT2D eigenvalue weighted by Crippen LogP contribution is -1.98. The third kappa shape index (κ3) is 2.19. The maximum atomic E-state index is 13.4. The molecule has 2 aromatic rings. The van der Waals surface area contributed by atoms with Crippen molar-refractivity contribution in [3.05, 3.63) is 41.7 Å². The minimum absolute atomic E-state index is 0.162. The van der Waals surface area contributed by atoms with Crippen LogP contribution in [-0.2, 0) is 6.42 Å². The largest absolute Gasteiger partial charge is 0.217 e. The summed E-state index contributed by atoms with van der Waals surface area (Å²) in [7, 11) is 0. The van der Waals surface area contributed by atoms with Crippen molar-refractivity contribution in [1.82, 2.24) is 15.0 Å². The first kappa shape index (κ1) is 11.0. The van der Waals surface area contributed by atoms with Crippen molar-refractivity contribution in [3.63, 3.8) is 0 Å². The molecule has 3 nitrogen and oxygen atoms in total. The number of benzene rings is 1. The Hall–Kier alpha value is -1.49. The van der Waals surface area contributed by atoms with E-state index in [4.69, 9.17) is 11.6 Å². The SMILES string of the molecule is Fc1ccc(-n2cc(CCCl)nn2)c(F)c1. The second-order valence-electron chi connectivity index (χ2n) is 3.19. The van der Waals surface area contributed by atoms with Gasteiger partial charge in [0.1, 0.15) is 11.5 Å². The Labute approximate surface area is 95.6 Å². The fourth-order valence-electron chi connectivity index (χ4n) is 1.29. The normalized spacial score (nSPS) is 10.7. The number of hydrogen-bond acceptors (Lipinski definition) is 2. The van der Waals surface area contributed by atoms with Crippen molar-refractivity contribution in [2.75, 3.05) is 5.88 Å². The lowest BCUT2D eigenvalue weighted by Gasteiger charge is -2.01. The summed E-state index contributed by atoms with van der Waals surface area (Å²) in [5.74, 6) is -0.880. The molecular formula is C10H8ClF2N3. The Morgan fingerprint density at radius 1 is 1.31 bits per heavy atom. The second kappa shape index (κ2) is 4.57. The first-order valence-corrected chi connectivity index (χ1v) is 5.17. The minimum atomic E-state index is -0.678. The van der Waals surface area contributed by atoms with Crippen molar-refractivity contribution in [3.8, 4) is 5.69 Å². The summed E-state index contributed by atoms with van der Waals surface area (Å²) in [6.07, 6.45) is 2.13. The van der Waals surface area contributed by atoms with Crippen molar-refractivity contribution < 1.29 is 8.78 Å². The van der Waals surface area contributed by atoms with Gasteiger partial charge in [-0.25, -0.2) is 13.5 Å². The molecule has 0 aliphatic heterocycles. The third-order valence-electron chi connectivity index (χ3n) is 2.05. The third-order valence-corrected chi connectivity index (χ3v) is 2.24. The van der Waals surface area contributed by atoms with Gasteiger partial charge in [0.2, 0.25) is 0 Å². The molecule has 16 heavy (non-hydrogen) atoms. The molecule has 1 aromatic carbocycles. The maximum Gasteiger partial charge on any atom is 0.151 e. The van der Waals surface area contributed by atoms with Crippen molar-refractivity contribution in [1.29, 1.82) is 0 Å². The fraction of sp³-hybridized carbons (Fsp3) is 0.200. The predicted molar refractivity (Wildman–Crippen MR) is 55.7 cm³/mol. The second-order valence-corrected chi connectivity index (χ2v) is 3.57. The topological polar surface area (TPSA) is 30.7 Å².